The molecule has 1 aliphatic heterocycles. The van der Waals surface area contributed by atoms with Crippen molar-refractivity contribution in [2.45, 2.75) is 25.4 Å². The van der Waals surface area contributed by atoms with Gasteiger partial charge in [0.15, 0.2) is 0 Å². The van der Waals surface area contributed by atoms with Crippen molar-refractivity contribution in [1.82, 2.24) is 5.32 Å². The lowest BCUT2D eigenvalue weighted by atomic mass is 9.89. The fourth-order valence-corrected chi connectivity index (χ4v) is 2.75. The van der Waals surface area contributed by atoms with E-state index in [4.69, 9.17) is 9.15 Å². The van der Waals surface area contributed by atoms with Gasteiger partial charge < -0.3 is 19.8 Å². The number of carbonyl (C=O) groups is 2. The van der Waals surface area contributed by atoms with Gasteiger partial charge in [0.2, 0.25) is 11.8 Å². The van der Waals surface area contributed by atoms with Crippen LogP contribution in [0.3, 0.4) is 0 Å². The maximum atomic E-state index is 13.3. The van der Waals surface area contributed by atoms with Crippen LogP contribution < -0.4 is 10.6 Å². The second kappa shape index (κ2) is 7.94. The van der Waals surface area contributed by atoms with E-state index in [0.29, 0.717) is 37.4 Å². The molecule has 2 heterocycles. The van der Waals surface area contributed by atoms with Crippen molar-refractivity contribution in [2.75, 3.05) is 18.5 Å². The monoisotopic (exact) mass is 346 g/mol. The largest absolute Gasteiger partial charge is 0.467 e. The van der Waals surface area contributed by atoms with Crippen LogP contribution in [0.4, 0.5) is 10.1 Å². The first kappa shape index (κ1) is 17.2. The van der Waals surface area contributed by atoms with Gasteiger partial charge in [-0.25, -0.2) is 4.39 Å². The minimum Gasteiger partial charge on any atom is -0.467 e. The number of halogens is 1. The highest BCUT2D eigenvalue weighted by molar-refractivity contribution is 6.01. The minimum atomic E-state index is -0.603. The van der Waals surface area contributed by atoms with E-state index in [-0.39, 0.29) is 18.2 Å². The molecule has 0 bridgehead atoms. The molecule has 2 amide bonds. The van der Waals surface area contributed by atoms with Crippen LogP contribution in [0.1, 0.15) is 30.1 Å². The predicted molar refractivity (Wildman–Crippen MR) is 88.4 cm³/mol. The summed E-state index contributed by atoms with van der Waals surface area (Å²) in [6.07, 6.45) is 2.28. The van der Waals surface area contributed by atoms with Crippen molar-refractivity contribution in [3.63, 3.8) is 0 Å². The molecule has 132 valence electrons. The Hall–Kier alpha value is -2.67. The van der Waals surface area contributed by atoms with Crippen LogP contribution in [-0.2, 0) is 20.9 Å². The molecule has 7 heteroatoms. The number of carbonyl (C=O) groups excluding carboxylic acids is 2. The van der Waals surface area contributed by atoms with E-state index >= 15 is 0 Å². The fourth-order valence-electron chi connectivity index (χ4n) is 2.75. The Kier molecular flexibility index (Phi) is 5.45. The zero-order valence-electron chi connectivity index (χ0n) is 13.6. The molecule has 0 radical (unpaired) electrons. The third kappa shape index (κ3) is 4.45. The summed E-state index contributed by atoms with van der Waals surface area (Å²) in [7, 11) is 0. The number of hydrogen-bond donors (Lipinski definition) is 2. The van der Waals surface area contributed by atoms with Gasteiger partial charge in [-0.1, -0.05) is 6.07 Å². The molecule has 25 heavy (non-hydrogen) atoms. The third-order valence-corrected chi connectivity index (χ3v) is 3.96. The number of rotatable bonds is 7. The molecule has 2 N–H and O–H groups in total. The zero-order valence-corrected chi connectivity index (χ0v) is 13.6. The summed E-state index contributed by atoms with van der Waals surface area (Å²) >= 11 is 0. The van der Waals surface area contributed by atoms with Crippen molar-refractivity contribution in [3.8, 4) is 0 Å². The molecule has 1 aliphatic rings. The lowest BCUT2D eigenvalue weighted by molar-refractivity contribution is -0.126. The van der Waals surface area contributed by atoms with Crippen LogP contribution in [-0.4, -0.2) is 25.0 Å². The van der Waals surface area contributed by atoms with Gasteiger partial charge in [-0.3, -0.25) is 9.59 Å². The Morgan fingerprint density at radius 2 is 2.28 bits per heavy atom. The summed E-state index contributed by atoms with van der Waals surface area (Å²) in [6, 6.07) is 7.69. The van der Waals surface area contributed by atoms with Crippen molar-refractivity contribution >= 4 is 17.5 Å². The highest BCUT2D eigenvalue weighted by Gasteiger charge is 2.30. The molecule has 0 fully saturated rings. The maximum Gasteiger partial charge on any atom is 0.228 e. The Morgan fingerprint density at radius 1 is 1.40 bits per heavy atom. The van der Waals surface area contributed by atoms with Crippen molar-refractivity contribution in [1.29, 1.82) is 0 Å². The molecule has 1 aromatic heterocycles. The summed E-state index contributed by atoms with van der Waals surface area (Å²) in [4.78, 5) is 24.1. The number of fused-ring (bicyclic) bond motifs is 1. The molecule has 0 saturated carbocycles. The normalized spacial score (nSPS) is 16.2. The van der Waals surface area contributed by atoms with Gasteiger partial charge in [0.25, 0.3) is 0 Å². The van der Waals surface area contributed by atoms with E-state index in [1.165, 1.54) is 12.1 Å². The molecule has 0 saturated heterocycles. The number of benzene rings is 1. The topological polar surface area (TPSA) is 80.6 Å². The first-order chi connectivity index (χ1) is 12.1. The number of furan rings is 1. The van der Waals surface area contributed by atoms with Crippen molar-refractivity contribution < 1.29 is 23.1 Å². The van der Waals surface area contributed by atoms with Gasteiger partial charge in [0.05, 0.1) is 12.2 Å². The Balaban J connectivity index is 1.46. The standard InChI is InChI=1S/C18H19FN2O4/c19-12-4-5-14-15(10-17(22)21-16(14)9-12)18(23)20-6-2-7-24-11-13-3-1-8-25-13/h1,3-5,8-9,15H,2,6-7,10-11H2,(H,20,23)(H,21,22)/t15-/m0/s1. The molecule has 1 atom stereocenters. The van der Waals surface area contributed by atoms with E-state index in [0.717, 1.165) is 5.76 Å². The lowest BCUT2D eigenvalue weighted by Crippen LogP contribution is -2.35. The average molecular weight is 346 g/mol. The quantitative estimate of drug-likeness (QED) is 0.755. The van der Waals surface area contributed by atoms with Crippen LogP contribution in [0.25, 0.3) is 0 Å². The van der Waals surface area contributed by atoms with E-state index in [9.17, 15) is 14.0 Å². The van der Waals surface area contributed by atoms with Crippen molar-refractivity contribution in [2.24, 2.45) is 0 Å². The van der Waals surface area contributed by atoms with Gasteiger partial charge in [-0.2, -0.15) is 0 Å². The molecular formula is C18H19FN2O4. The van der Waals surface area contributed by atoms with E-state index in [1.54, 1.807) is 18.4 Å². The summed E-state index contributed by atoms with van der Waals surface area (Å²) < 4.78 is 23.9. The third-order valence-electron chi connectivity index (χ3n) is 3.96. The minimum absolute atomic E-state index is 0.0550. The first-order valence-corrected chi connectivity index (χ1v) is 8.10. The van der Waals surface area contributed by atoms with Gasteiger partial charge in [0.1, 0.15) is 18.2 Å². The average Bonchev–Trinajstić information content (AvgIpc) is 3.10. The SMILES string of the molecule is O=C1C[C@H](C(=O)NCCCOCc2ccco2)c2ccc(F)cc2N1. The summed E-state index contributed by atoms with van der Waals surface area (Å²) in [5.74, 6) is -0.836. The molecule has 1 aromatic carbocycles. The lowest BCUT2D eigenvalue weighted by Gasteiger charge is -2.24. The van der Waals surface area contributed by atoms with Crippen LogP contribution >= 0.6 is 0 Å². The summed E-state index contributed by atoms with van der Waals surface area (Å²) in [6.45, 7) is 1.31. The van der Waals surface area contributed by atoms with Gasteiger partial charge in [0, 0.05) is 25.3 Å². The molecule has 6 nitrogen and oxygen atoms in total. The predicted octanol–water partition coefficient (Wildman–Crippen LogP) is 2.57. The zero-order chi connectivity index (χ0) is 17.6. The second-order valence-electron chi connectivity index (χ2n) is 5.81. The van der Waals surface area contributed by atoms with Crippen LogP contribution in [0.5, 0.6) is 0 Å². The number of hydrogen-bond acceptors (Lipinski definition) is 4. The van der Waals surface area contributed by atoms with E-state index in [1.807, 2.05) is 6.07 Å². The molecule has 0 spiro atoms. The van der Waals surface area contributed by atoms with Crippen LogP contribution in [0.15, 0.2) is 41.0 Å². The molecule has 3 rings (SSSR count). The molecule has 0 aliphatic carbocycles. The van der Waals surface area contributed by atoms with E-state index < -0.39 is 11.7 Å². The summed E-state index contributed by atoms with van der Waals surface area (Å²) in [5, 5.41) is 5.40. The van der Waals surface area contributed by atoms with Gasteiger partial charge >= 0.3 is 0 Å². The summed E-state index contributed by atoms with van der Waals surface area (Å²) in [5.41, 5.74) is 0.991. The van der Waals surface area contributed by atoms with Crippen LogP contribution in [0.2, 0.25) is 0 Å². The molecular weight excluding hydrogens is 327 g/mol. The Bertz CT molecular complexity index is 746. The van der Waals surface area contributed by atoms with Crippen molar-refractivity contribution in [3.05, 3.63) is 53.7 Å². The smallest absolute Gasteiger partial charge is 0.228 e. The highest BCUT2D eigenvalue weighted by Crippen LogP contribution is 2.32. The molecule has 2 aromatic rings. The number of amides is 2. The first-order valence-electron chi connectivity index (χ1n) is 8.10. The number of ether oxygens (including phenoxy) is 1. The fraction of sp³-hybridized carbons (Fsp3) is 0.333. The Morgan fingerprint density at radius 3 is 3.08 bits per heavy atom. The number of nitrogens with one attached hydrogen (secondary N) is 2. The number of anilines is 1. The van der Waals surface area contributed by atoms with Gasteiger partial charge in [-0.15, -0.1) is 0 Å². The van der Waals surface area contributed by atoms with Crippen LogP contribution in [0, 0.1) is 5.82 Å². The molecule has 0 unspecified atom stereocenters. The van der Waals surface area contributed by atoms with E-state index in [2.05, 4.69) is 10.6 Å². The highest BCUT2D eigenvalue weighted by atomic mass is 19.1. The maximum absolute atomic E-state index is 13.3. The second-order valence-corrected chi connectivity index (χ2v) is 5.81. The Labute approximate surface area is 144 Å². The van der Waals surface area contributed by atoms with Gasteiger partial charge in [-0.05, 0) is 36.2 Å².